The van der Waals surface area contributed by atoms with Gasteiger partial charge in [0.15, 0.2) is 5.11 Å². The third-order valence-electron chi connectivity index (χ3n) is 7.33. The molecule has 1 aliphatic heterocycles. The number of anilines is 1. The van der Waals surface area contributed by atoms with Gasteiger partial charge in [-0.1, -0.05) is 12.1 Å². The average Bonchev–Trinajstić information content (AvgIpc) is 3.20. The molecular weight excluding hydrogens is 384 g/mol. The highest BCUT2D eigenvalue weighted by Crippen LogP contribution is 2.60. The van der Waals surface area contributed by atoms with E-state index in [1.165, 1.54) is 19.3 Å². The highest BCUT2D eigenvalue weighted by Gasteiger charge is 2.54. The zero-order chi connectivity index (χ0) is 19.8. The van der Waals surface area contributed by atoms with Gasteiger partial charge in [-0.15, -0.1) is 0 Å². The number of nitrogens with one attached hydrogen (secondary N) is 2. The lowest BCUT2D eigenvalue weighted by molar-refractivity contribution is -0.144. The Balaban J connectivity index is 1.20. The Kier molecular flexibility index (Phi) is 5.25. The van der Waals surface area contributed by atoms with Crippen LogP contribution in [0.4, 0.5) is 5.69 Å². The lowest BCUT2D eigenvalue weighted by Crippen LogP contribution is -2.55. The van der Waals surface area contributed by atoms with E-state index in [9.17, 15) is 4.79 Å². The van der Waals surface area contributed by atoms with E-state index in [1.54, 1.807) is 0 Å². The molecular formula is C23H30N2O3S. The van der Waals surface area contributed by atoms with Crippen molar-refractivity contribution in [2.45, 2.75) is 57.5 Å². The molecule has 4 saturated carbocycles. The van der Waals surface area contributed by atoms with Gasteiger partial charge in [0, 0.05) is 6.61 Å². The van der Waals surface area contributed by atoms with Crippen molar-refractivity contribution in [3.05, 3.63) is 24.3 Å². The van der Waals surface area contributed by atoms with Crippen LogP contribution >= 0.6 is 12.2 Å². The molecule has 1 aromatic rings. The van der Waals surface area contributed by atoms with Crippen molar-refractivity contribution in [3.63, 3.8) is 0 Å². The Morgan fingerprint density at radius 3 is 2.48 bits per heavy atom. The second-order valence-corrected chi connectivity index (χ2v) is 9.96. The van der Waals surface area contributed by atoms with Crippen LogP contribution in [-0.4, -0.2) is 30.3 Å². The number of amides is 1. The minimum atomic E-state index is -0.198. The summed E-state index contributed by atoms with van der Waals surface area (Å²) in [7, 11) is 0. The molecule has 1 atom stereocenters. The van der Waals surface area contributed by atoms with Crippen LogP contribution in [0.2, 0.25) is 0 Å². The summed E-state index contributed by atoms with van der Waals surface area (Å²) in [5.41, 5.74) is 0.581. The maximum absolute atomic E-state index is 13.2. The van der Waals surface area contributed by atoms with Crippen molar-refractivity contribution in [1.82, 2.24) is 5.32 Å². The van der Waals surface area contributed by atoms with Gasteiger partial charge in [-0.05, 0) is 93.5 Å². The minimum Gasteiger partial charge on any atom is -0.489 e. The maximum atomic E-state index is 13.2. The lowest BCUT2D eigenvalue weighted by Gasteiger charge is -2.55. The van der Waals surface area contributed by atoms with Crippen LogP contribution in [0.5, 0.6) is 5.75 Å². The molecule has 0 radical (unpaired) electrons. The van der Waals surface area contributed by atoms with E-state index in [2.05, 4.69) is 10.6 Å². The number of hydrogen-bond acceptors (Lipinski definition) is 4. The number of hydrogen-bond donors (Lipinski definition) is 2. The van der Waals surface area contributed by atoms with Gasteiger partial charge < -0.3 is 20.1 Å². The number of rotatable bonds is 5. The molecule has 1 unspecified atom stereocenters. The van der Waals surface area contributed by atoms with Gasteiger partial charge in [0.05, 0.1) is 17.2 Å². The fourth-order valence-electron chi connectivity index (χ4n) is 6.43. The van der Waals surface area contributed by atoms with Gasteiger partial charge in [0.1, 0.15) is 12.4 Å². The summed E-state index contributed by atoms with van der Waals surface area (Å²) in [5.74, 6) is 3.06. The quantitative estimate of drug-likeness (QED) is 0.705. The van der Waals surface area contributed by atoms with Gasteiger partial charge in [0.2, 0.25) is 5.91 Å². The van der Waals surface area contributed by atoms with Crippen LogP contribution in [0, 0.1) is 23.2 Å². The van der Waals surface area contributed by atoms with Crippen LogP contribution in [0.25, 0.3) is 0 Å². The monoisotopic (exact) mass is 414 g/mol. The number of benzene rings is 1. The summed E-state index contributed by atoms with van der Waals surface area (Å²) >= 11 is 5.49. The SMILES string of the molecule is O=C(NC(=S)Nc1ccccc1OCC1CCCO1)C12CC3CC(CC(C3)C1)C2. The Hall–Kier alpha value is -1.66. The predicted octanol–water partition coefficient (Wildman–Crippen LogP) is 4.27. The van der Waals surface area contributed by atoms with Gasteiger partial charge in [-0.3, -0.25) is 4.79 Å². The van der Waals surface area contributed by atoms with Crippen LogP contribution < -0.4 is 15.4 Å². The summed E-state index contributed by atoms with van der Waals surface area (Å²) in [6, 6.07) is 7.71. The van der Waals surface area contributed by atoms with Crippen molar-refractivity contribution in [2.24, 2.45) is 23.2 Å². The second-order valence-electron chi connectivity index (χ2n) is 9.55. The number of thiocarbonyl (C=S) groups is 1. The predicted molar refractivity (Wildman–Crippen MR) is 116 cm³/mol. The number of carbonyl (C=O) groups excluding carboxylic acids is 1. The third kappa shape index (κ3) is 4.02. The summed E-state index contributed by atoms with van der Waals surface area (Å²) in [6.45, 7) is 1.35. The van der Waals surface area contributed by atoms with E-state index in [0.717, 1.165) is 67.9 Å². The molecule has 1 heterocycles. The lowest BCUT2D eigenvalue weighted by atomic mass is 9.49. The molecule has 1 amide bonds. The molecule has 0 spiro atoms. The molecule has 6 rings (SSSR count). The molecule has 4 aliphatic carbocycles. The zero-order valence-electron chi connectivity index (χ0n) is 16.8. The molecule has 0 aromatic heterocycles. The van der Waals surface area contributed by atoms with Crippen molar-refractivity contribution >= 4 is 28.9 Å². The molecule has 1 aromatic carbocycles. The van der Waals surface area contributed by atoms with Crippen molar-refractivity contribution in [1.29, 1.82) is 0 Å². The maximum Gasteiger partial charge on any atom is 0.232 e. The Labute approximate surface area is 177 Å². The molecule has 29 heavy (non-hydrogen) atoms. The Morgan fingerprint density at radius 1 is 1.14 bits per heavy atom. The summed E-state index contributed by atoms with van der Waals surface area (Å²) in [5, 5.41) is 6.55. The average molecular weight is 415 g/mol. The van der Waals surface area contributed by atoms with Gasteiger partial charge in [-0.25, -0.2) is 0 Å². The van der Waals surface area contributed by atoms with Crippen LogP contribution in [-0.2, 0) is 9.53 Å². The number of ether oxygens (including phenoxy) is 2. The normalized spacial score (nSPS) is 34.8. The molecule has 5 aliphatic rings. The van der Waals surface area contributed by atoms with E-state index in [1.807, 2.05) is 24.3 Å². The molecule has 5 nitrogen and oxygen atoms in total. The Morgan fingerprint density at radius 2 is 1.83 bits per heavy atom. The first-order valence-electron chi connectivity index (χ1n) is 11.1. The van der Waals surface area contributed by atoms with E-state index < -0.39 is 0 Å². The third-order valence-corrected chi connectivity index (χ3v) is 7.54. The largest absolute Gasteiger partial charge is 0.489 e. The molecule has 5 fully saturated rings. The van der Waals surface area contributed by atoms with Crippen LogP contribution in [0.1, 0.15) is 51.4 Å². The molecule has 156 valence electrons. The minimum absolute atomic E-state index is 0.117. The van der Waals surface area contributed by atoms with Crippen molar-refractivity contribution < 1.29 is 14.3 Å². The first-order valence-corrected chi connectivity index (χ1v) is 11.5. The zero-order valence-corrected chi connectivity index (χ0v) is 17.6. The summed E-state index contributed by atoms with van der Waals surface area (Å²) in [4.78, 5) is 13.2. The molecule has 1 saturated heterocycles. The Bertz CT molecular complexity index is 755. The fraction of sp³-hybridized carbons (Fsp3) is 0.652. The van der Waals surface area contributed by atoms with Gasteiger partial charge in [-0.2, -0.15) is 0 Å². The number of carbonyl (C=O) groups is 1. The first-order chi connectivity index (χ1) is 14.1. The van der Waals surface area contributed by atoms with Crippen LogP contribution in [0.15, 0.2) is 24.3 Å². The highest BCUT2D eigenvalue weighted by molar-refractivity contribution is 7.80. The summed E-state index contributed by atoms with van der Waals surface area (Å²) < 4.78 is 11.6. The topological polar surface area (TPSA) is 59.6 Å². The van der Waals surface area contributed by atoms with E-state index in [0.29, 0.717) is 11.7 Å². The van der Waals surface area contributed by atoms with Crippen LogP contribution in [0.3, 0.4) is 0 Å². The second kappa shape index (κ2) is 7.88. The van der Waals surface area contributed by atoms with E-state index in [4.69, 9.17) is 21.7 Å². The first kappa shape index (κ1) is 19.3. The highest BCUT2D eigenvalue weighted by atomic mass is 32.1. The standard InChI is InChI=1S/C23H30N2O3S/c26-21(23-11-15-8-16(12-23)10-17(9-15)13-23)25-22(29)24-19-5-1-2-6-20(19)28-14-18-4-3-7-27-18/h1-2,5-6,15-18H,3-4,7-14H2,(H2,24,25,26,29). The van der Waals surface area contributed by atoms with Gasteiger partial charge >= 0.3 is 0 Å². The van der Waals surface area contributed by atoms with E-state index in [-0.39, 0.29) is 17.4 Å². The smallest absolute Gasteiger partial charge is 0.232 e. The number of para-hydroxylation sites is 2. The van der Waals surface area contributed by atoms with Crippen molar-refractivity contribution in [2.75, 3.05) is 18.5 Å². The van der Waals surface area contributed by atoms with E-state index >= 15 is 0 Å². The molecule has 6 heteroatoms. The fourth-order valence-corrected chi connectivity index (χ4v) is 6.63. The molecule has 2 N–H and O–H groups in total. The molecule has 4 bridgehead atoms. The summed E-state index contributed by atoms with van der Waals surface area (Å²) in [6.07, 6.45) is 9.37. The van der Waals surface area contributed by atoms with Crippen molar-refractivity contribution in [3.8, 4) is 5.75 Å². The van der Waals surface area contributed by atoms with Gasteiger partial charge in [0.25, 0.3) is 0 Å².